The summed E-state index contributed by atoms with van der Waals surface area (Å²) in [7, 11) is 1.92. The van der Waals surface area contributed by atoms with Gasteiger partial charge < -0.3 is 10.4 Å². The van der Waals surface area contributed by atoms with Gasteiger partial charge in [-0.3, -0.25) is 0 Å². The van der Waals surface area contributed by atoms with E-state index < -0.39 is 12.3 Å². The van der Waals surface area contributed by atoms with Gasteiger partial charge in [0.1, 0.15) is 6.17 Å². The number of hydrogen-bond donors (Lipinski definition) is 2. The van der Waals surface area contributed by atoms with Gasteiger partial charge in [0.15, 0.2) is 0 Å². The molecule has 4 aliphatic rings. The maximum atomic E-state index is 14.7. The maximum absolute atomic E-state index is 14.7. The van der Waals surface area contributed by atoms with Crippen LogP contribution < -0.4 is 5.32 Å². The fourth-order valence-corrected chi connectivity index (χ4v) is 6.80. The minimum atomic E-state index is -0.706. The minimum Gasteiger partial charge on any atom is -0.385 e. The third-order valence-electron chi connectivity index (χ3n) is 7.96. The second kappa shape index (κ2) is 5.16. The van der Waals surface area contributed by atoms with E-state index in [9.17, 15) is 9.50 Å². The molecule has 4 aliphatic carbocycles. The summed E-state index contributed by atoms with van der Waals surface area (Å²) in [5, 5.41) is 13.2. The third-order valence-corrected chi connectivity index (χ3v) is 7.96. The minimum absolute atomic E-state index is 0.0157. The van der Waals surface area contributed by atoms with Crippen molar-refractivity contribution in [3.8, 4) is 0 Å². The Morgan fingerprint density at radius 1 is 1.26 bits per heavy atom. The van der Waals surface area contributed by atoms with Crippen molar-refractivity contribution >= 4 is 0 Å². The summed E-state index contributed by atoms with van der Waals surface area (Å²) < 4.78 is 14.7. The Bertz CT molecular complexity index is 558. The lowest BCUT2D eigenvalue weighted by molar-refractivity contribution is -0.0257. The van der Waals surface area contributed by atoms with Crippen molar-refractivity contribution in [2.24, 2.45) is 28.6 Å². The Hall–Kier alpha value is -0.670. The van der Waals surface area contributed by atoms with Gasteiger partial charge in [-0.1, -0.05) is 37.6 Å². The highest BCUT2D eigenvalue weighted by atomic mass is 19.1. The average molecular weight is 319 g/mol. The van der Waals surface area contributed by atoms with Crippen LogP contribution in [0.25, 0.3) is 0 Å². The number of halogens is 1. The van der Waals surface area contributed by atoms with Crippen LogP contribution in [-0.4, -0.2) is 30.5 Å². The summed E-state index contributed by atoms with van der Waals surface area (Å²) in [6.07, 6.45) is 10.4. The van der Waals surface area contributed by atoms with E-state index in [0.29, 0.717) is 17.8 Å². The van der Waals surface area contributed by atoms with Crippen LogP contribution in [0.3, 0.4) is 0 Å². The van der Waals surface area contributed by atoms with Crippen LogP contribution in [0.2, 0.25) is 0 Å². The summed E-state index contributed by atoms with van der Waals surface area (Å²) in [6.45, 7) is 4.67. The van der Waals surface area contributed by atoms with Crippen molar-refractivity contribution in [3.63, 3.8) is 0 Å². The second-order valence-electron chi connectivity index (χ2n) is 8.80. The molecule has 0 spiro atoms. The highest BCUT2D eigenvalue weighted by molar-refractivity contribution is 5.33. The molecule has 0 bridgehead atoms. The molecule has 0 aromatic heterocycles. The van der Waals surface area contributed by atoms with E-state index in [4.69, 9.17) is 0 Å². The highest BCUT2D eigenvalue weighted by Crippen LogP contribution is 2.64. The Balaban J connectivity index is 1.68. The number of fused-ring (bicyclic) bond motifs is 5. The van der Waals surface area contributed by atoms with E-state index in [1.807, 2.05) is 13.1 Å². The molecule has 3 heteroatoms. The van der Waals surface area contributed by atoms with Gasteiger partial charge in [0.25, 0.3) is 0 Å². The number of alkyl halides is 1. The molecular weight excluding hydrogens is 289 g/mol. The number of aliphatic hydroxyl groups is 1. The summed E-state index contributed by atoms with van der Waals surface area (Å²) in [5.74, 6) is 1.71. The molecule has 0 aliphatic heterocycles. The molecule has 2 nitrogen and oxygen atoms in total. The first-order valence-corrected chi connectivity index (χ1v) is 9.30. The monoisotopic (exact) mass is 319 g/mol. The van der Waals surface area contributed by atoms with Crippen LogP contribution in [0.1, 0.15) is 46.0 Å². The van der Waals surface area contributed by atoms with Crippen molar-refractivity contribution in [3.05, 3.63) is 23.8 Å². The van der Waals surface area contributed by atoms with Crippen molar-refractivity contribution < 1.29 is 9.50 Å². The lowest BCUT2D eigenvalue weighted by Crippen LogP contribution is -2.53. The van der Waals surface area contributed by atoms with E-state index in [-0.39, 0.29) is 16.9 Å². The van der Waals surface area contributed by atoms with E-state index in [0.717, 1.165) is 25.7 Å². The van der Waals surface area contributed by atoms with Crippen LogP contribution in [0, 0.1) is 28.6 Å². The molecule has 3 saturated carbocycles. The van der Waals surface area contributed by atoms with Crippen LogP contribution in [0.15, 0.2) is 23.8 Å². The van der Waals surface area contributed by atoms with Gasteiger partial charge in [-0.05, 0) is 62.3 Å². The largest absolute Gasteiger partial charge is 0.385 e. The zero-order valence-electron chi connectivity index (χ0n) is 14.6. The highest BCUT2D eigenvalue weighted by Gasteiger charge is 2.60. The van der Waals surface area contributed by atoms with Gasteiger partial charge in [-0.2, -0.15) is 0 Å². The van der Waals surface area contributed by atoms with Crippen molar-refractivity contribution in [1.29, 1.82) is 0 Å². The number of allylic oxidation sites excluding steroid dienone is 2. The molecule has 0 aromatic carbocycles. The Kier molecular flexibility index (Phi) is 3.55. The van der Waals surface area contributed by atoms with Crippen LogP contribution in [-0.2, 0) is 0 Å². The fraction of sp³-hybridized carbons (Fsp3) is 0.800. The molecule has 0 unspecified atom stereocenters. The van der Waals surface area contributed by atoms with E-state index >= 15 is 0 Å². The lowest BCUT2D eigenvalue weighted by Gasteiger charge is -2.57. The molecule has 0 heterocycles. The predicted molar refractivity (Wildman–Crippen MR) is 90.7 cm³/mol. The van der Waals surface area contributed by atoms with Gasteiger partial charge in [0, 0.05) is 11.5 Å². The first-order chi connectivity index (χ1) is 10.9. The summed E-state index contributed by atoms with van der Waals surface area (Å²) in [5.41, 5.74) is 1.59. The molecule has 4 rings (SSSR count). The molecule has 2 N–H and O–H groups in total. The SMILES string of the molecule is CN[C@H]1[C@H](F)C[C@H]2[C@@H]3CCC4=C[C@@H](O)C=C[C@]4(C)[C@H]3CC[C@@]21C. The molecule has 0 saturated heterocycles. The summed E-state index contributed by atoms with van der Waals surface area (Å²) >= 11 is 0. The molecule has 128 valence electrons. The lowest BCUT2D eigenvalue weighted by atomic mass is 9.48. The van der Waals surface area contributed by atoms with E-state index in [1.165, 1.54) is 12.0 Å². The second-order valence-corrected chi connectivity index (χ2v) is 8.80. The number of nitrogens with one attached hydrogen (secondary N) is 1. The third kappa shape index (κ3) is 2.05. The topological polar surface area (TPSA) is 32.3 Å². The molecule has 8 atom stereocenters. The van der Waals surface area contributed by atoms with Gasteiger partial charge in [-0.15, -0.1) is 0 Å². The molecule has 0 radical (unpaired) electrons. The van der Waals surface area contributed by atoms with E-state index in [2.05, 4.69) is 31.3 Å². The number of rotatable bonds is 1. The molecule has 0 amide bonds. The average Bonchev–Trinajstić information content (AvgIpc) is 2.77. The first-order valence-electron chi connectivity index (χ1n) is 9.30. The van der Waals surface area contributed by atoms with Gasteiger partial charge in [0.2, 0.25) is 0 Å². The molecule has 23 heavy (non-hydrogen) atoms. The Labute approximate surface area is 139 Å². The fourth-order valence-electron chi connectivity index (χ4n) is 6.80. The van der Waals surface area contributed by atoms with Crippen LogP contribution in [0.5, 0.6) is 0 Å². The van der Waals surface area contributed by atoms with E-state index in [1.54, 1.807) is 0 Å². The smallest absolute Gasteiger partial charge is 0.116 e. The standard InChI is InChI=1S/C20H30FNO/c1-19-8-6-13(23)10-12(19)4-5-14-15(19)7-9-20(2)16(14)11-17(21)18(20)22-3/h6,8,10,13-18,22-23H,4-5,7,9,11H2,1-3H3/t13-,14+,15-,16-,17+,18-,19-,20-/m0/s1. The van der Waals surface area contributed by atoms with Gasteiger partial charge in [-0.25, -0.2) is 4.39 Å². The zero-order valence-corrected chi connectivity index (χ0v) is 14.6. The Morgan fingerprint density at radius 3 is 2.78 bits per heavy atom. The van der Waals surface area contributed by atoms with Crippen molar-refractivity contribution in [2.75, 3.05) is 7.05 Å². The Morgan fingerprint density at radius 2 is 2.04 bits per heavy atom. The normalized spacial score (nSPS) is 54.9. The number of aliphatic hydroxyl groups excluding tert-OH is 1. The molecular formula is C20H30FNO. The maximum Gasteiger partial charge on any atom is 0.116 e. The van der Waals surface area contributed by atoms with Crippen molar-refractivity contribution in [2.45, 2.75) is 64.3 Å². The van der Waals surface area contributed by atoms with Crippen LogP contribution in [0.4, 0.5) is 4.39 Å². The number of hydrogen-bond acceptors (Lipinski definition) is 2. The predicted octanol–water partition coefficient (Wildman–Crippen LogP) is 3.62. The van der Waals surface area contributed by atoms with Crippen LogP contribution >= 0.6 is 0 Å². The summed E-state index contributed by atoms with van der Waals surface area (Å²) in [4.78, 5) is 0. The quantitative estimate of drug-likeness (QED) is 0.724. The zero-order chi connectivity index (χ0) is 16.4. The van der Waals surface area contributed by atoms with Gasteiger partial charge >= 0.3 is 0 Å². The molecule has 0 aromatic rings. The summed E-state index contributed by atoms with van der Waals surface area (Å²) in [6, 6.07) is 0.0157. The van der Waals surface area contributed by atoms with Gasteiger partial charge in [0.05, 0.1) is 6.10 Å². The molecule has 3 fully saturated rings. The van der Waals surface area contributed by atoms with Crippen molar-refractivity contribution in [1.82, 2.24) is 5.32 Å². The first kappa shape index (κ1) is 15.8.